The van der Waals surface area contributed by atoms with Gasteiger partial charge in [0.15, 0.2) is 0 Å². The van der Waals surface area contributed by atoms with Gasteiger partial charge in [-0.1, -0.05) is 30.3 Å². The monoisotopic (exact) mass is 311 g/mol. The van der Waals surface area contributed by atoms with E-state index < -0.39 is 22.2 Å². The van der Waals surface area contributed by atoms with Gasteiger partial charge in [0.2, 0.25) is 5.91 Å². The first-order chi connectivity index (χ1) is 9.86. The maximum absolute atomic E-state index is 11.9. The highest BCUT2D eigenvalue weighted by Gasteiger charge is 2.37. The van der Waals surface area contributed by atoms with E-state index in [1.807, 2.05) is 0 Å². The molecule has 1 rings (SSSR count). The van der Waals surface area contributed by atoms with Crippen LogP contribution >= 0.6 is 0 Å². The van der Waals surface area contributed by atoms with Crippen molar-refractivity contribution in [2.75, 3.05) is 18.6 Å². The predicted molar refractivity (Wildman–Crippen MR) is 82.6 cm³/mol. The minimum Gasteiger partial charge on any atom is -0.481 e. The van der Waals surface area contributed by atoms with Crippen molar-refractivity contribution in [3.63, 3.8) is 0 Å². The molecule has 0 aliphatic heterocycles. The highest BCUT2D eigenvalue weighted by atomic mass is 32.2. The van der Waals surface area contributed by atoms with Crippen molar-refractivity contribution in [1.82, 2.24) is 5.32 Å². The average molecular weight is 311 g/mol. The van der Waals surface area contributed by atoms with Gasteiger partial charge in [-0.05, 0) is 18.9 Å². The summed E-state index contributed by atoms with van der Waals surface area (Å²) in [5.74, 6) is -0.820. The third kappa shape index (κ3) is 5.30. The van der Waals surface area contributed by atoms with E-state index in [0.29, 0.717) is 24.3 Å². The summed E-state index contributed by atoms with van der Waals surface area (Å²) in [4.78, 5) is 23.5. The lowest BCUT2D eigenvalue weighted by Crippen LogP contribution is -2.39. The molecule has 0 aliphatic carbocycles. The van der Waals surface area contributed by atoms with Crippen LogP contribution in [0.25, 0.3) is 0 Å². The molecule has 2 unspecified atom stereocenters. The molecule has 1 aromatic rings. The number of carboxylic acid groups (broad SMARTS) is 1. The first-order valence-electron chi connectivity index (χ1n) is 6.72. The molecule has 0 saturated heterocycles. The second-order valence-electron chi connectivity index (χ2n) is 5.16. The zero-order valence-corrected chi connectivity index (χ0v) is 13.1. The summed E-state index contributed by atoms with van der Waals surface area (Å²) >= 11 is 0. The van der Waals surface area contributed by atoms with Crippen LogP contribution in [0.2, 0.25) is 0 Å². The summed E-state index contributed by atoms with van der Waals surface area (Å²) in [5.41, 5.74) is -0.652. The quantitative estimate of drug-likeness (QED) is 0.709. The first-order valence-corrected chi connectivity index (χ1v) is 8.44. The Labute approximate surface area is 127 Å². The fourth-order valence-electron chi connectivity index (χ4n) is 1.99. The fraction of sp³-hybridized carbons (Fsp3) is 0.467. The summed E-state index contributed by atoms with van der Waals surface area (Å²) in [7, 11) is -0.882. The Hall–Kier alpha value is -1.69. The number of nitrogens with one attached hydrogen (secondary N) is 1. The summed E-state index contributed by atoms with van der Waals surface area (Å²) in [6, 6.07) is 8.73. The molecule has 0 spiro atoms. The minimum atomic E-state index is -1.25. The Kier molecular flexibility index (Phi) is 6.55. The molecule has 6 heteroatoms. The van der Waals surface area contributed by atoms with Crippen LogP contribution in [0.15, 0.2) is 30.3 Å². The third-order valence-corrected chi connectivity index (χ3v) is 4.19. The van der Waals surface area contributed by atoms with Crippen LogP contribution in [-0.2, 0) is 25.8 Å². The summed E-state index contributed by atoms with van der Waals surface area (Å²) in [6.07, 6.45) is 2.10. The van der Waals surface area contributed by atoms with Gasteiger partial charge in [-0.15, -0.1) is 0 Å². The molecule has 0 aliphatic rings. The average Bonchev–Trinajstić information content (AvgIpc) is 2.44. The zero-order valence-electron chi connectivity index (χ0n) is 12.3. The third-order valence-electron chi connectivity index (χ3n) is 3.33. The van der Waals surface area contributed by atoms with Gasteiger partial charge in [-0.25, -0.2) is 0 Å². The van der Waals surface area contributed by atoms with Gasteiger partial charge in [0.25, 0.3) is 0 Å². The number of benzene rings is 1. The molecule has 0 radical (unpaired) electrons. The Bertz CT molecular complexity index is 518. The van der Waals surface area contributed by atoms with Crippen LogP contribution in [0, 0.1) is 0 Å². The smallest absolute Gasteiger partial charge is 0.314 e. The lowest BCUT2D eigenvalue weighted by atomic mass is 9.79. The molecular weight excluding hydrogens is 290 g/mol. The molecule has 21 heavy (non-hydrogen) atoms. The van der Waals surface area contributed by atoms with Gasteiger partial charge in [0.1, 0.15) is 0 Å². The molecule has 1 amide bonds. The SMILES string of the molecule is CS(=O)CCCNC(=O)CC(C)(C(=O)O)c1ccccc1. The number of carboxylic acids is 1. The summed E-state index contributed by atoms with van der Waals surface area (Å²) in [5, 5.41) is 12.1. The van der Waals surface area contributed by atoms with Crippen molar-refractivity contribution in [3.8, 4) is 0 Å². The minimum absolute atomic E-state index is 0.123. The Morgan fingerprint density at radius 3 is 2.43 bits per heavy atom. The van der Waals surface area contributed by atoms with E-state index in [1.54, 1.807) is 43.5 Å². The zero-order chi connectivity index (χ0) is 15.9. The maximum atomic E-state index is 11.9. The molecule has 0 bridgehead atoms. The van der Waals surface area contributed by atoms with Crippen LogP contribution < -0.4 is 5.32 Å². The second kappa shape index (κ2) is 7.93. The number of carbonyl (C=O) groups is 2. The van der Waals surface area contributed by atoms with Crippen LogP contribution in [-0.4, -0.2) is 39.7 Å². The second-order valence-corrected chi connectivity index (χ2v) is 6.72. The molecular formula is C15H21NO4S. The Morgan fingerprint density at radius 2 is 1.90 bits per heavy atom. The summed E-state index contributed by atoms with van der Waals surface area (Å²) in [6.45, 7) is 1.95. The predicted octanol–water partition coefficient (Wildman–Crippen LogP) is 1.30. The molecule has 0 aromatic heterocycles. The lowest BCUT2D eigenvalue weighted by molar-refractivity contribution is -0.145. The van der Waals surface area contributed by atoms with Crippen LogP contribution in [0.1, 0.15) is 25.3 Å². The number of aliphatic carboxylic acids is 1. The Morgan fingerprint density at radius 1 is 1.29 bits per heavy atom. The van der Waals surface area contributed by atoms with Crippen molar-refractivity contribution in [1.29, 1.82) is 0 Å². The van der Waals surface area contributed by atoms with E-state index >= 15 is 0 Å². The first kappa shape index (κ1) is 17.4. The largest absolute Gasteiger partial charge is 0.481 e. The van der Waals surface area contributed by atoms with Crippen molar-refractivity contribution >= 4 is 22.7 Å². The van der Waals surface area contributed by atoms with E-state index in [9.17, 15) is 18.9 Å². The highest BCUT2D eigenvalue weighted by Crippen LogP contribution is 2.27. The molecule has 5 nitrogen and oxygen atoms in total. The topological polar surface area (TPSA) is 83.5 Å². The highest BCUT2D eigenvalue weighted by molar-refractivity contribution is 7.84. The van der Waals surface area contributed by atoms with Gasteiger partial charge in [-0.3, -0.25) is 13.8 Å². The van der Waals surface area contributed by atoms with E-state index in [0.717, 1.165) is 0 Å². The van der Waals surface area contributed by atoms with Gasteiger partial charge in [-0.2, -0.15) is 0 Å². The molecule has 0 fully saturated rings. The molecule has 2 N–H and O–H groups in total. The van der Waals surface area contributed by atoms with E-state index in [2.05, 4.69) is 5.32 Å². The van der Waals surface area contributed by atoms with Crippen LogP contribution in [0.5, 0.6) is 0 Å². The van der Waals surface area contributed by atoms with Crippen LogP contribution in [0.3, 0.4) is 0 Å². The van der Waals surface area contributed by atoms with E-state index in [1.165, 1.54) is 0 Å². The van der Waals surface area contributed by atoms with Crippen molar-refractivity contribution < 1.29 is 18.9 Å². The Balaban J connectivity index is 2.65. The van der Waals surface area contributed by atoms with Gasteiger partial charge >= 0.3 is 5.97 Å². The number of carbonyl (C=O) groups excluding carboxylic acids is 1. The van der Waals surface area contributed by atoms with Gasteiger partial charge in [0.05, 0.1) is 5.41 Å². The van der Waals surface area contributed by atoms with Crippen LogP contribution in [0.4, 0.5) is 0 Å². The number of rotatable bonds is 8. The number of hydrogen-bond acceptors (Lipinski definition) is 3. The molecule has 0 heterocycles. The molecule has 116 valence electrons. The molecule has 1 aromatic carbocycles. The van der Waals surface area contributed by atoms with E-state index in [-0.39, 0.29) is 12.3 Å². The van der Waals surface area contributed by atoms with Crippen molar-refractivity contribution in [2.24, 2.45) is 0 Å². The molecule has 2 atom stereocenters. The van der Waals surface area contributed by atoms with Crippen molar-refractivity contribution in [2.45, 2.75) is 25.2 Å². The molecule has 0 saturated carbocycles. The number of hydrogen-bond donors (Lipinski definition) is 2. The van der Waals surface area contributed by atoms with E-state index in [4.69, 9.17) is 0 Å². The fourth-order valence-corrected chi connectivity index (χ4v) is 2.54. The van der Waals surface area contributed by atoms with Crippen molar-refractivity contribution in [3.05, 3.63) is 35.9 Å². The normalized spacial score (nSPS) is 15.0. The maximum Gasteiger partial charge on any atom is 0.314 e. The van der Waals surface area contributed by atoms with Gasteiger partial charge in [0, 0.05) is 35.8 Å². The lowest BCUT2D eigenvalue weighted by Gasteiger charge is -2.24. The summed E-state index contributed by atoms with van der Waals surface area (Å²) < 4.78 is 10.9. The van der Waals surface area contributed by atoms with Gasteiger partial charge < -0.3 is 10.4 Å². The number of amides is 1. The standard InChI is InChI=1S/C15H21NO4S/c1-15(14(18)19,12-7-4-3-5-8-12)11-13(17)16-9-6-10-21(2)20/h3-5,7-8H,6,9-11H2,1-2H3,(H,16,17)(H,18,19).